The number of pyridine rings is 1. The minimum absolute atomic E-state index is 0.0712. The van der Waals surface area contributed by atoms with Crippen LogP contribution in [-0.4, -0.2) is 35.5 Å². The van der Waals surface area contributed by atoms with Crippen molar-refractivity contribution in [2.24, 2.45) is 5.92 Å². The number of imide groups is 1. The van der Waals surface area contributed by atoms with Gasteiger partial charge in [0.1, 0.15) is 0 Å². The van der Waals surface area contributed by atoms with Crippen LogP contribution in [-0.2, 0) is 9.53 Å². The summed E-state index contributed by atoms with van der Waals surface area (Å²) in [5.74, 6) is -0.964. The Morgan fingerprint density at radius 2 is 2.04 bits per heavy atom. The molecule has 2 N–H and O–H groups in total. The highest BCUT2D eigenvalue weighted by Crippen LogP contribution is 2.23. The molecule has 1 saturated carbocycles. The summed E-state index contributed by atoms with van der Waals surface area (Å²) in [5.41, 5.74) is 0.220. The maximum atomic E-state index is 11.8. The fourth-order valence-electron chi connectivity index (χ4n) is 2.64. The van der Waals surface area contributed by atoms with Gasteiger partial charge in [-0.2, -0.15) is 0 Å². The molecule has 1 aromatic heterocycles. The Balaban J connectivity index is 1.74. The molecule has 3 amide bonds. The number of nitrogens with zero attached hydrogens (tertiary/aromatic N) is 1. The molecule has 7 nitrogen and oxygen atoms in total. The van der Waals surface area contributed by atoms with Crippen molar-refractivity contribution in [3.8, 4) is 0 Å². The van der Waals surface area contributed by atoms with Gasteiger partial charge in [-0.05, 0) is 40.8 Å². The molecule has 2 rings (SSSR count). The van der Waals surface area contributed by atoms with Gasteiger partial charge in [0.15, 0.2) is 6.61 Å². The largest absolute Gasteiger partial charge is 0.452 e. The molecule has 1 aromatic rings. The quantitative estimate of drug-likeness (QED) is 0.760. The zero-order chi connectivity index (χ0) is 17.5. The van der Waals surface area contributed by atoms with Gasteiger partial charge in [-0.3, -0.25) is 15.1 Å². The van der Waals surface area contributed by atoms with Crippen molar-refractivity contribution in [3.63, 3.8) is 0 Å². The van der Waals surface area contributed by atoms with Crippen molar-refractivity contribution in [1.29, 1.82) is 0 Å². The highest BCUT2D eigenvalue weighted by Gasteiger charge is 2.23. The van der Waals surface area contributed by atoms with E-state index in [1.807, 2.05) is 0 Å². The normalized spacial score (nSPS) is 20.1. The summed E-state index contributed by atoms with van der Waals surface area (Å²) >= 11 is 3.19. The Bertz CT molecular complexity index is 623. The van der Waals surface area contributed by atoms with Crippen LogP contribution in [0, 0.1) is 5.92 Å². The molecular formula is C16H20BrN3O4. The summed E-state index contributed by atoms with van der Waals surface area (Å²) in [6, 6.07) is 1.05. The van der Waals surface area contributed by atoms with Gasteiger partial charge in [0.25, 0.3) is 5.91 Å². The second-order valence-electron chi connectivity index (χ2n) is 5.86. The number of ether oxygens (including phenoxy) is 1. The van der Waals surface area contributed by atoms with E-state index < -0.39 is 24.5 Å². The second-order valence-corrected chi connectivity index (χ2v) is 6.77. The van der Waals surface area contributed by atoms with E-state index in [9.17, 15) is 14.4 Å². The first kappa shape index (κ1) is 18.4. The number of amides is 3. The average molecular weight is 398 g/mol. The van der Waals surface area contributed by atoms with Crippen LogP contribution in [0.3, 0.4) is 0 Å². The first-order chi connectivity index (χ1) is 11.5. The molecular weight excluding hydrogens is 378 g/mol. The van der Waals surface area contributed by atoms with Gasteiger partial charge in [0, 0.05) is 22.9 Å². The molecule has 2 atom stereocenters. The first-order valence-corrected chi connectivity index (χ1v) is 8.63. The smallest absolute Gasteiger partial charge is 0.340 e. The van der Waals surface area contributed by atoms with Gasteiger partial charge in [-0.1, -0.05) is 19.8 Å². The third-order valence-corrected chi connectivity index (χ3v) is 4.39. The van der Waals surface area contributed by atoms with E-state index in [1.54, 1.807) is 0 Å². The van der Waals surface area contributed by atoms with Crippen molar-refractivity contribution in [1.82, 2.24) is 15.6 Å². The standard InChI is InChI=1S/C16H20BrN3O4/c1-10-4-2-3-5-13(10)19-16(23)20-14(21)9-24-15(22)11-6-12(17)8-18-7-11/h6-8,10,13H,2-5,9H2,1H3,(H2,19,20,21,23)/t10-,13+/m1/s1. The summed E-state index contributed by atoms with van der Waals surface area (Å²) in [6.07, 6.45) is 7.08. The number of urea groups is 1. The van der Waals surface area contributed by atoms with Crippen LogP contribution in [0.15, 0.2) is 22.9 Å². The number of esters is 1. The average Bonchev–Trinajstić information content (AvgIpc) is 2.54. The van der Waals surface area contributed by atoms with E-state index in [0.717, 1.165) is 19.3 Å². The summed E-state index contributed by atoms with van der Waals surface area (Å²) in [7, 11) is 0. The third kappa shape index (κ3) is 5.59. The van der Waals surface area contributed by atoms with Crippen LogP contribution in [0.2, 0.25) is 0 Å². The lowest BCUT2D eigenvalue weighted by molar-refractivity contribution is -0.123. The van der Waals surface area contributed by atoms with Crippen LogP contribution in [0.4, 0.5) is 4.79 Å². The molecule has 130 valence electrons. The number of hydrogen-bond donors (Lipinski definition) is 2. The van der Waals surface area contributed by atoms with E-state index in [1.165, 1.54) is 24.9 Å². The minimum Gasteiger partial charge on any atom is -0.452 e. The Hall–Kier alpha value is -1.96. The van der Waals surface area contributed by atoms with E-state index >= 15 is 0 Å². The number of carbonyl (C=O) groups excluding carboxylic acids is 3. The molecule has 1 aliphatic carbocycles. The van der Waals surface area contributed by atoms with Gasteiger partial charge in [-0.25, -0.2) is 9.59 Å². The van der Waals surface area contributed by atoms with E-state index in [0.29, 0.717) is 10.4 Å². The highest BCUT2D eigenvalue weighted by atomic mass is 79.9. The second kappa shape index (κ2) is 8.77. The molecule has 0 saturated heterocycles. The number of aromatic nitrogens is 1. The molecule has 0 spiro atoms. The van der Waals surface area contributed by atoms with Crippen molar-refractivity contribution in [3.05, 3.63) is 28.5 Å². The fourth-order valence-corrected chi connectivity index (χ4v) is 3.00. The van der Waals surface area contributed by atoms with E-state index in [2.05, 4.69) is 38.5 Å². The van der Waals surface area contributed by atoms with Crippen LogP contribution < -0.4 is 10.6 Å². The topological polar surface area (TPSA) is 97.4 Å². The zero-order valence-electron chi connectivity index (χ0n) is 13.4. The molecule has 0 unspecified atom stereocenters. The monoisotopic (exact) mass is 397 g/mol. The lowest BCUT2D eigenvalue weighted by Crippen LogP contribution is -2.48. The van der Waals surface area contributed by atoms with Gasteiger partial charge < -0.3 is 10.1 Å². The Labute approximate surface area is 148 Å². The van der Waals surface area contributed by atoms with Crippen LogP contribution in [0.25, 0.3) is 0 Å². The molecule has 0 aromatic carbocycles. The fraction of sp³-hybridized carbons (Fsp3) is 0.500. The number of carbonyl (C=O) groups is 3. The van der Waals surface area contributed by atoms with Gasteiger partial charge >= 0.3 is 12.0 Å². The maximum absolute atomic E-state index is 11.8. The molecule has 0 radical (unpaired) electrons. The van der Waals surface area contributed by atoms with Crippen LogP contribution in [0.5, 0.6) is 0 Å². The molecule has 8 heteroatoms. The Morgan fingerprint density at radius 1 is 1.29 bits per heavy atom. The third-order valence-electron chi connectivity index (χ3n) is 3.96. The number of nitrogens with one attached hydrogen (secondary N) is 2. The van der Waals surface area contributed by atoms with Crippen molar-refractivity contribution in [2.75, 3.05) is 6.61 Å². The number of halogens is 1. The number of hydrogen-bond acceptors (Lipinski definition) is 5. The van der Waals surface area contributed by atoms with Crippen LogP contribution in [0.1, 0.15) is 43.0 Å². The lowest BCUT2D eigenvalue weighted by Gasteiger charge is -2.29. The maximum Gasteiger partial charge on any atom is 0.340 e. The summed E-state index contributed by atoms with van der Waals surface area (Å²) in [4.78, 5) is 39.2. The van der Waals surface area contributed by atoms with Crippen molar-refractivity contribution < 1.29 is 19.1 Å². The van der Waals surface area contributed by atoms with Gasteiger partial charge in [0.05, 0.1) is 5.56 Å². The summed E-state index contributed by atoms with van der Waals surface area (Å²) < 4.78 is 5.49. The molecule has 1 aliphatic rings. The molecule has 0 bridgehead atoms. The summed E-state index contributed by atoms with van der Waals surface area (Å²) in [6.45, 7) is 1.55. The number of rotatable bonds is 4. The van der Waals surface area contributed by atoms with Crippen molar-refractivity contribution in [2.45, 2.75) is 38.6 Å². The Kier molecular flexibility index (Phi) is 6.72. The van der Waals surface area contributed by atoms with E-state index in [-0.39, 0.29) is 11.6 Å². The van der Waals surface area contributed by atoms with Gasteiger partial charge in [0.2, 0.25) is 0 Å². The lowest BCUT2D eigenvalue weighted by atomic mass is 9.86. The van der Waals surface area contributed by atoms with Gasteiger partial charge in [-0.15, -0.1) is 0 Å². The predicted octanol–water partition coefficient (Wildman–Crippen LogP) is 2.41. The van der Waals surface area contributed by atoms with E-state index in [4.69, 9.17) is 4.74 Å². The SMILES string of the molecule is C[C@@H]1CCCC[C@@H]1NC(=O)NC(=O)COC(=O)c1cncc(Br)c1. The predicted molar refractivity (Wildman–Crippen MR) is 90.3 cm³/mol. The molecule has 1 heterocycles. The zero-order valence-corrected chi connectivity index (χ0v) is 15.0. The summed E-state index contributed by atoms with van der Waals surface area (Å²) in [5, 5.41) is 4.97. The molecule has 1 fully saturated rings. The van der Waals surface area contributed by atoms with Crippen molar-refractivity contribution >= 4 is 33.8 Å². The Morgan fingerprint density at radius 3 is 2.75 bits per heavy atom. The minimum atomic E-state index is -0.680. The molecule has 0 aliphatic heterocycles. The molecule has 24 heavy (non-hydrogen) atoms. The van der Waals surface area contributed by atoms with Crippen LogP contribution >= 0.6 is 15.9 Å². The highest BCUT2D eigenvalue weighted by molar-refractivity contribution is 9.10. The first-order valence-electron chi connectivity index (χ1n) is 7.83.